The maximum Gasteiger partial charge on any atom is 0.0438 e. The lowest BCUT2D eigenvalue weighted by molar-refractivity contribution is 1.16. The summed E-state index contributed by atoms with van der Waals surface area (Å²) in [6.07, 6.45) is 2.29. The summed E-state index contributed by atoms with van der Waals surface area (Å²) in [4.78, 5) is 2.27. The summed E-state index contributed by atoms with van der Waals surface area (Å²) in [5.74, 6) is 0. The second-order valence-electron chi connectivity index (χ2n) is 7.68. The van der Waals surface area contributed by atoms with E-state index in [1.165, 1.54) is 44.8 Å². The van der Waals surface area contributed by atoms with Gasteiger partial charge in [0.2, 0.25) is 0 Å². The normalized spacial score (nSPS) is 10.5. The number of anilines is 2. The highest BCUT2D eigenvalue weighted by atomic mass is 15.1. The van der Waals surface area contributed by atoms with Crippen LogP contribution in [0.15, 0.2) is 103 Å². The fraction of sp³-hybridized carbons (Fsp3) is 0.103. The van der Waals surface area contributed by atoms with Crippen molar-refractivity contribution in [3.05, 3.63) is 131 Å². The van der Waals surface area contributed by atoms with Gasteiger partial charge in [-0.1, -0.05) is 84.9 Å². The highest BCUT2D eigenvalue weighted by molar-refractivity contribution is 5.91. The van der Waals surface area contributed by atoms with Crippen molar-refractivity contribution in [2.24, 2.45) is 0 Å². The van der Waals surface area contributed by atoms with Crippen molar-refractivity contribution >= 4 is 23.0 Å². The van der Waals surface area contributed by atoms with Crippen LogP contribution < -0.4 is 4.90 Å². The molecule has 0 radical (unpaired) electrons. The monoisotopic (exact) mass is 389 g/mol. The van der Waals surface area contributed by atoms with Crippen molar-refractivity contribution in [3.63, 3.8) is 0 Å². The average molecular weight is 390 g/mol. The summed E-state index contributed by atoms with van der Waals surface area (Å²) in [5, 5.41) is 0. The van der Waals surface area contributed by atoms with Gasteiger partial charge in [-0.15, -0.1) is 0 Å². The molecule has 0 spiro atoms. The van der Waals surface area contributed by atoms with Crippen molar-refractivity contribution in [1.82, 2.24) is 0 Å². The number of rotatable bonds is 5. The third-order valence-electron chi connectivity index (χ3n) is 5.54. The summed E-state index contributed by atoms with van der Waals surface area (Å²) < 4.78 is 0. The minimum absolute atomic E-state index is 1.21. The fourth-order valence-electron chi connectivity index (χ4n) is 3.95. The third-order valence-corrected chi connectivity index (χ3v) is 5.54. The molecule has 0 aliphatic heterocycles. The van der Waals surface area contributed by atoms with Gasteiger partial charge in [0, 0.05) is 18.4 Å². The van der Waals surface area contributed by atoms with Crippen LogP contribution in [0, 0.1) is 13.8 Å². The van der Waals surface area contributed by atoms with Crippen LogP contribution in [0.3, 0.4) is 0 Å². The molecule has 148 valence electrons. The van der Waals surface area contributed by atoms with Gasteiger partial charge >= 0.3 is 0 Å². The van der Waals surface area contributed by atoms with Gasteiger partial charge < -0.3 is 4.90 Å². The molecule has 1 heteroatoms. The van der Waals surface area contributed by atoms with Gasteiger partial charge in [0.05, 0.1) is 0 Å². The van der Waals surface area contributed by atoms with Crippen molar-refractivity contribution < 1.29 is 0 Å². The zero-order valence-corrected chi connectivity index (χ0v) is 17.8. The molecule has 30 heavy (non-hydrogen) atoms. The van der Waals surface area contributed by atoms with E-state index < -0.39 is 0 Å². The Morgan fingerprint density at radius 3 is 1.70 bits per heavy atom. The minimum Gasteiger partial charge on any atom is -0.344 e. The molecule has 4 rings (SSSR count). The fourth-order valence-corrected chi connectivity index (χ4v) is 3.95. The van der Waals surface area contributed by atoms with Crippen molar-refractivity contribution in [3.8, 4) is 0 Å². The van der Waals surface area contributed by atoms with Gasteiger partial charge in [-0.25, -0.2) is 0 Å². The lowest BCUT2D eigenvalue weighted by Crippen LogP contribution is -2.12. The Labute approximate surface area is 179 Å². The molecule has 1 nitrogen and oxygen atoms in total. The molecule has 0 aromatic heterocycles. The first-order valence-corrected chi connectivity index (χ1v) is 10.4. The van der Waals surface area contributed by atoms with Crippen LogP contribution in [0.4, 0.5) is 11.4 Å². The van der Waals surface area contributed by atoms with E-state index in [1.54, 1.807) is 0 Å². The zero-order valence-electron chi connectivity index (χ0n) is 17.8. The Hall–Kier alpha value is -3.58. The second-order valence-corrected chi connectivity index (χ2v) is 7.68. The topological polar surface area (TPSA) is 3.24 Å². The van der Waals surface area contributed by atoms with Gasteiger partial charge in [0.15, 0.2) is 0 Å². The predicted molar refractivity (Wildman–Crippen MR) is 130 cm³/mol. The minimum atomic E-state index is 1.21. The SMILES string of the molecule is Cc1ccccc1N(C)c1ccc(C=C(c2ccccc2)c2ccccc2)cc1C. The van der Waals surface area contributed by atoms with E-state index in [0.29, 0.717) is 0 Å². The van der Waals surface area contributed by atoms with Gasteiger partial charge in [0.1, 0.15) is 0 Å². The molecular formula is C29H27N. The molecule has 0 amide bonds. The molecule has 4 aromatic rings. The standard InChI is InChI=1S/C29H27N/c1-22-12-10-11-17-28(22)30(3)29-19-18-24(20-23(29)2)21-27(25-13-6-4-7-14-25)26-15-8-5-9-16-26/h4-21H,1-3H3. The molecule has 0 heterocycles. The average Bonchev–Trinajstić information content (AvgIpc) is 2.79. The summed E-state index contributed by atoms with van der Waals surface area (Å²) in [5.41, 5.74) is 9.88. The summed E-state index contributed by atoms with van der Waals surface area (Å²) in [6.45, 7) is 4.34. The molecular weight excluding hydrogens is 362 g/mol. The highest BCUT2D eigenvalue weighted by Crippen LogP contribution is 2.31. The molecule has 4 aromatic carbocycles. The lowest BCUT2D eigenvalue weighted by Gasteiger charge is -2.23. The van der Waals surface area contributed by atoms with Crippen LogP contribution in [0.25, 0.3) is 11.6 Å². The van der Waals surface area contributed by atoms with Gasteiger partial charge in [-0.3, -0.25) is 0 Å². The van der Waals surface area contributed by atoms with Gasteiger partial charge in [0.25, 0.3) is 0 Å². The van der Waals surface area contributed by atoms with E-state index >= 15 is 0 Å². The molecule has 0 N–H and O–H groups in total. The number of para-hydroxylation sites is 1. The first-order chi connectivity index (χ1) is 14.6. The number of aryl methyl sites for hydroxylation is 2. The maximum atomic E-state index is 2.29. The Morgan fingerprint density at radius 2 is 1.13 bits per heavy atom. The van der Waals surface area contributed by atoms with Crippen molar-refractivity contribution in [1.29, 1.82) is 0 Å². The molecule has 0 fully saturated rings. The first kappa shape index (κ1) is 19.7. The summed E-state index contributed by atoms with van der Waals surface area (Å²) in [6, 6.07) is 36.4. The van der Waals surface area contributed by atoms with E-state index in [1.807, 2.05) is 0 Å². The Kier molecular flexibility index (Phi) is 5.81. The van der Waals surface area contributed by atoms with E-state index in [2.05, 4.69) is 135 Å². The van der Waals surface area contributed by atoms with Gasteiger partial charge in [-0.05, 0) is 71.5 Å². The summed E-state index contributed by atoms with van der Waals surface area (Å²) in [7, 11) is 2.14. The number of hydrogen-bond donors (Lipinski definition) is 0. The largest absolute Gasteiger partial charge is 0.344 e. The number of benzene rings is 4. The predicted octanol–water partition coefficient (Wildman–Crippen LogP) is 7.66. The van der Waals surface area contributed by atoms with Crippen molar-refractivity contribution in [2.45, 2.75) is 13.8 Å². The smallest absolute Gasteiger partial charge is 0.0438 e. The molecule has 0 saturated carbocycles. The molecule has 0 aliphatic rings. The molecule has 0 bridgehead atoms. The van der Waals surface area contributed by atoms with Crippen LogP contribution >= 0.6 is 0 Å². The summed E-state index contributed by atoms with van der Waals surface area (Å²) >= 11 is 0. The van der Waals surface area contributed by atoms with Crippen LogP contribution in [0.2, 0.25) is 0 Å². The van der Waals surface area contributed by atoms with Crippen LogP contribution in [0.5, 0.6) is 0 Å². The number of nitrogens with zero attached hydrogens (tertiary/aromatic N) is 1. The molecule has 0 unspecified atom stereocenters. The van der Waals surface area contributed by atoms with Crippen molar-refractivity contribution in [2.75, 3.05) is 11.9 Å². The Balaban J connectivity index is 1.74. The Morgan fingerprint density at radius 1 is 0.600 bits per heavy atom. The van der Waals surface area contributed by atoms with Crippen LogP contribution in [-0.4, -0.2) is 7.05 Å². The lowest BCUT2D eigenvalue weighted by atomic mass is 9.95. The van der Waals surface area contributed by atoms with Crippen LogP contribution in [-0.2, 0) is 0 Å². The highest BCUT2D eigenvalue weighted by Gasteiger charge is 2.10. The quantitative estimate of drug-likeness (QED) is 0.317. The Bertz CT molecular complexity index is 1120. The molecule has 0 atom stereocenters. The first-order valence-electron chi connectivity index (χ1n) is 10.4. The van der Waals surface area contributed by atoms with Gasteiger partial charge in [-0.2, -0.15) is 0 Å². The van der Waals surface area contributed by atoms with E-state index in [-0.39, 0.29) is 0 Å². The van der Waals surface area contributed by atoms with E-state index in [0.717, 1.165) is 0 Å². The zero-order chi connectivity index (χ0) is 20.9. The van der Waals surface area contributed by atoms with E-state index in [9.17, 15) is 0 Å². The molecule has 0 aliphatic carbocycles. The number of hydrogen-bond acceptors (Lipinski definition) is 1. The molecule has 0 saturated heterocycles. The maximum absolute atomic E-state index is 2.29. The second kappa shape index (κ2) is 8.84. The van der Waals surface area contributed by atoms with Crippen LogP contribution in [0.1, 0.15) is 27.8 Å². The van der Waals surface area contributed by atoms with E-state index in [4.69, 9.17) is 0 Å². The third kappa shape index (κ3) is 4.21.